The lowest BCUT2D eigenvalue weighted by atomic mass is 10.2. The molecule has 1 aromatic heterocycles. The number of hydrogen-bond acceptors (Lipinski definition) is 5. The van der Waals surface area contributed by atoms with Gasteiger partial charge in [0, 0.05) is 49.3 Å². The molecule has 1 aromatic rings. The topological polar surface area (TPSA) is 52.6 Å². The second kappa shape index (κ2) is 10.4. The zero-order valence-electron chi connectivity index (χ0n) is 16.2. The van der Waals surface area contributed by atoms with Gasteiger partial charge >= 0.3 is 0 Å². The Morgan fingerprint density at radius 3 is 2.96 bits per heavy atom. The van der Waals surface area contributed by atoms with Gasteiger partial charge in [0.2, 0.25) is 0 Å². The quantitative estimate of drug-likeness (QED) is 0.521. The molecule has 0 bridgehead atoms. The van der Waals surface area contributed by atoms with Crippen molar-refractivity contribution in [3.8, 4) is 0 Å². The van der Waals surface area contributed by atoms with Crippen LogP contribution < -0.4 is 15.5 Å². The van der Waals surface area contributed by atoms with Gasteiger partial charge in [-0.25, -0.2) is 4.98 Å². The maximum atomic E-state index is 4.80. The first-order valence-electron chi connectivity index (χ1n) is 10.1. The molecular weight excluding hydrogens is 362 g/mol. The van der Waals surface area contributed by atoms with Crippen LogP contribution in [0.1, 0.15) is 51.6 Å². The van der Waals surface area contributed by atoms with Crippen LogP contribution in [0.4, 0.5) is 5.13 Å². The molecule has 3 rings (SSSR count). The van der Waals surface area contributed by atoms with Crippen molar-refractivity contribution < 1.29 is 0 Å². The third-order valence-electron chi connectivity index (χ3n) is 5.03. The fourth-order valence-corrected chi connectivity index (χ4v) is 5.77. The van der Waals surface area contributed by atoms with E-state index < -0.39 is 0 Å². The predicted octanol–water partition coefficient (Wildman–Crippen LogP) is 3.52. The molecule has 7 heteroatoms. The van der Waals surface area contributed by atoms with Crippen LogP contribution >= 0.6 is 23.1 Å². The third-order valence-corrected chi connectivity index (χ3v) is 7.21. The minimum absolute atomic E-state index is 0.567. The smallest absolute Gasteiger partial charge is 0.191 e. The number of thiazole rings is 1. The number of aliphatic imine (C=N–C) groups is 1. The molecular formula is C19H33N5S2. The van der Waals surface area contributed by atoms with E-state index in [1.165, 1.54) is 48.7 Å². The number of nitrogens with zero attached hydrogens (tertiary/aromatic N) is 3. The number of nitrogens with one attached hydrogen (secondary N) is 2. The molecule has 2 heterocycles. The van der Waals surface area contributed by atoms with Crippen LogP contribution in [0.15, 0.2) is 10.4 Å². The molecule has 5 nitrogen and oxygen atoms in total. The Kier molecular flexibility index (Phi) is 7.92. The molecule has 2 atom stereocenters. The fourth-order valence-electron chi connectivity index (χ4n) is 3.72. The molecule has 2 N–H and O–H groups in total. The van der Waals surface area contributed by atoms with Crippen LogP contribution in [-0.2, 0) is 6.42 Å². The van der Waals surface area contributed by atoms with Crippen LogP contribution in [0.2, 0.25) is 0 Å². The van der Waals surface area contributed by atoms with Gasteiger partial charge in [0.05, 0.1) is 5.69 Å². The Labute approximate surface area is 166 Å². The molecule has 26 heavy (non-hydrogen) atoms. The monoisotopic (exact) mass is 395 g/mol. The summed E-state index contributed by atoms with van der Waals surface area (Å²) in [7, 11) is 0. The van der Waals surface area contributed by atoms with E-state index in [9.17, 15) is 0 Å². The van der Waals surface area contributed by atoms with Crippen molar-refractivity contribution in [1.82, 2.24) is 15.6 Å². The first-order valence-corrected chi connectivity index (χ1v) is 12.1. The Balaban J connectivity index is 1.46. The van der Waals surface area contributed by atoms with Gasteiger partial charge in [-0.3, -0.25) is 4.99 Å². The summed E-state index contributed by atoms with van der Waals surface area (Å²) >= 11 is 3.88. The van der Waals surface area contributed by atoms with Gasteiger partial charge in [0.25, 0.3) is 0 Å². The van der Waals surface area contributed by atoms with E-state index >= 15 is 0 Å². The fraction of sp³-hybridized carbons (Fsp3) is 0.789. The molecule has 2 aliphatic rings. The van der Waals surface area contributed by atoms with E-state index in [1.807, 2.05) is 0 Å². The maximum absolute atomic E-state index is 4.80. The van der Waals surface area contributed by atoms with E-state index in [0.29, 0.717) is 6.04 Å². The minimum Gasteiger partial charge on any atom is -0.357 e. The first kappa shape index (κ1) is 19.8. The van der Waals surface area contributed by atoms with E-state index in [-0.39, 0.29) is 0 Å². The van der Waals surface area contributed by atoms with Crippen molar-refractivity contribution in [2.45, 2.75) is 63.7 Å². The summed E-state index contributed by atoms with van der Waals surface area (Å²) in [6, 6.07) is 0.567. The summed E-state index contributed by atoms with van der Waals surface area (Å²) in [5.74, 6) is 2.19. The van der Waals surface area contributed by atoms with E-state index in [4.69, 9.17) is 9.98 Å². The maximum Gasteiger partial charge on any atom is 0.191 e. The molecule has 146 valence electrons. The normalized spacial score (nSPS) is 23.6. The Morgan fingerprint density at radius 1 is 1.35 bits per heavy atom. The molecule has 1 saturated carbocycles. The van der Waals surface area contributed by atoms with E-state index in [2.05, 4.69) is 46.5 Å². The number of hydrogen-bond donors (Lipinski definition) is 2. The summed E-state index contributed by atoms with van der Waals surface area (Å²) < 4.78 is 0. The van der Waals surface area contributed by atoms with E-state index in [1.54, 1.807) is 11.3 Å². The first-order chi connectivity index (χ1) is 12.8. The standard InChI is InChI=1S/C19H33N5S2/c1-3-20-18(22-15-7-8-17(13-15)25-4-2)21-10-9-16-14-26-19(23-16)24-11-5-6-12-24/h14-15,17H,3-13H2,1-2H3,(H2,20,21,22). The number of guanidine groups is 1. The summed E-state index contributed by atoms with van der Waals surface area (Å²) in [6.45, 7) is 8.41. The molecule has 2 unspecified atom stereocenters. The largest absolute Gasteiger partial charge is 0.357 e. The highest BCUT2D eigenvalue weighted by Gasteiger charge is 2.25. The van der Waals surface area contributed by atoms with Gasteiger partial charge in [-0.15, -0.1) is 11.3 Å². The van der Waals surface area contributed by atoms with Crippen molar-refractivity contribution in [2.75, 3.05) is 36.8 Å². The Morgan fingerprint density at radius 2 is 2.19 bits per heavy atom. The minimum atomic E-state index is 0.567. The predicted molar refractivity (Wildman–Crippen MR) is 116 cm³/mol. The highest BCUT2D eigenvalue weighted by Crippen LogP contribution is 2.29. The van der Waals surface area contributed by atoms with Crippen molar-refractivity contribution >= 4 is 34.2 Å². The van der Waals surface area contributed by atoms with Crippen LogP contribution in [-0.4, -0.2) is 54.2 Å². The number of rotatable bonds is 8. The van der Waals surface area contributed by atoms with Gasteiger partial charge in [0.1, 0.15) is 0 Å². The molecule has 0 spiro atoms. The van der Waals surface area contributed by atoms with Gasteiger partial charge < -0.3 is 15.5 Å². The highest BCUT2D eigenvalue weighted by atomic mass is 32.2. The molecule has 1 saturated heterocycles. The SMILES string of the molecule is CCNC(=NCCc1csc(N2CCCC2)n1)NC1CCC(SCC)C1. The van der Waals surface area contributed by atoms with Gasteiger partial charge in [0.15, 0.2) is 11.1 Å². The highest BCUT2D eigenvalue weighted by molar-refractivity contribution is 7.99. The van der Waals surface area contributed by atoms with Crippen LogP contribution in [0.5, 0.6) is 0 Å². The summed E-state index contributed by atoms with van der Waals surface area (Å²) in [5.41, 5.74) is 1.18. The molecule has 0 radical (unpaired) electrons. The molecule has 1 aliphatic carbocycles. The van der Waals surface area contributed by atoms with Crippen molar-refractivity contribution in [3.05, 3.63) is 11.1 Å². The Hall–Kier alpha value is -0.950. The number of anilines is 1. The van der Waals surface area contributed by atoms with Crippen molar-refractivity contribution in [1.29, 1.82) is 0 Å². The second-order valence-corrected chi connectivity index (χ2v) is 9.47. The van der Waals surface area contributed by atoms with Crippen LogP contribution in [0.3, 0.4) is 0 Å². The average molecular weight is 396 g/mol. The van der Waals surface area contributed by atoms with Gasteiger partial charge in [-0.05, 0) is 44.8 Å². The second-order valence-electron chi connectivity index (χ2n) is 7.06. The molecule has 0 aromatic carbocycles. The summed E-state index contributed by atoms with van der Waals surface area (Å²) in [6.07, 6.45) is 7.36. The average Bonchev–Trinajstić information content (AvgIpc) is 3.37. The van der Waals surface area contributed by atoms with Gasteiger partial charge in [-0.1, -0.05) is 6.92 Å². The molecule has 2 fully saturated rings. The van der Waals surface area contributed by atoms with Crippen molar-refractivity contribution in [2.24, 2.45) is 4.99 Å². The Bertz CT molecular complexity index is 568. The van der Waals surface area contributed by atoms with Crippen LogP contribution in [0.25, 0.3) is 0 Å². The lowest BCUT2D eigenvalue weighted by Crippen LogP contribution is -2.42. The zero-order chi connectivity index (χ0) is 18.2. The van der Waals surface area contributed by atoms with Gasteiger partial charge in [-0.2, -0.15) is 11.8 Å². The van der Waals surface area contributed by atoms with Crippen LogP contribution in [0, 0.1) is 0 Å². The number of thioether (sulfide) groups is 1. The lowest BCUT2D eigenvalue weighted by Gasteiger charge is -2.17. The third kappa shape index (κ3) is 5.78. The zero-order valence-corrected chi connectivity index (χ0v) is 17.8. The lowest BCUT2D eigenvalue weighted by molar-refractivity contribution is 0.615. The van der Waals surface area contributed by atoms with Crippen molar-refractivity contribution in [3.63, 3.8) is 0 Å². The molecule has 1 aliphatic heterocycles. The summed E-state index contributed by atoms with van der Waals surface area (Å²) in [4.78, 5) is 12.0. The number of aromatic nitrogens is 1. The summed E-state index contributed by atoms with van der Waals surface area (Å²) in [5, 5.41) is 11.3. The van der Waals surface area contributed by atoms with E-state index in [0.717, 1.165) is 43.8 Å². The molecule has 0 amide bonds.